The van der Waals surface area contributed by atoms with E-state index in [0.29, 0.717) is 6.42 Å². The quantitative estimate of drug-likeness (QED) is 0.846. The third kappa shape index (κ3) is 4.29. The van der Waals surface area contributed by atoms with Crippen LogP contribution in [-0.2, 0) is 25.8 Å². The molecule has 0 radical (unpaired) electrons. The fourth-order valence-electron chi connectivity index (χ4n) is 2.46. The minimum atomic E-state index is -3.17. The number of sulfone groups is 1. The Kier molecular flexibility index (Phi) is 4.62. The number of hydrogen-bond acceptors (Lipinski definition) is 4. The smallest absolute Gasteiger partial charge is 0.323 e. The molecule has 6 nitrogen and oxygen atoms in total. The van der Waals surface area contributed by atoms with Gasteiger partial charge in [0.25, 0.3) is 0 Å². The van der Waals surface area contributed by atoms with Crippen molar-refractivity contribution in [3.05, 3.63) is 35.9 Å². The fraction of sp³-hybridized carbons (Fsp3) is 0.429. The summed E-state index contributed by atoms with van der Waals surface area (Å²) in [7, 11) is -3.17. The molecule has 1 N–H and O–H groups in total. The molecule has 1 fully saturated rings. The van der Waals surface area contributed by atoms with Gasteiger partial charge in [0.1, 0.15) is 6.54 Å². The van der Waals surface area contributed by atoms with Crippen molar-refractivity contribution >= 4 is 21.7 Å². The molecule has 114 valence electrons. The van der Waals surface area contributed by atoms with Gasteiger partial charge >= 0.3 is 5.97 Å². The number of hydrogen-bond donors (Lipinski definition) is 1. The number of carbonyl (C=O) groups excluding carboxylic acids is 1. The molecule has 0 bridgehead atoms. The molecular weight excluding hydrogens is 294 g/mol. The van der Waals surface area contributed by atoms with E-state index in [1.54, 1.807) is 24.3 Å². The van der Waals surface area contributed by atoms with E-state index in [1.807, 2.05) is 6.07 Å². The lowest BCUT2D eigenvalue weighted by atomic mass is 10.1. The highest BCUT2D eigenvalue weighted by Gasteiger charge is 2.35. The van der Waals surface area contributed by atoms with E-state index in [2.05, 4.69) is 0 Å². The Morgan fingerprint density at radius 1 is 1.24 bits per heavy atom. The lowest BCUT2D eigenvalue weighted by molar-refractivity contribution is -0.145. The highest BCUT2D eigenvalue weighted by Crippen LogP contribution is 2.19. The van der Waals surface area contributed by atoms with Crippen LogP contribution in [0, 0.1) is 0 Å². The molecule has 21 heavy (non-hydrogen) atoms. The van der Waals surface area contributed by atoms with Gasteiger partial charge in [0.05, 0.1) is 17.9 Å². The monoisotopic (exact) mass is 311 g/mol. The van der Waals surface area contributed by atoms with Gasteiger partial charge in [-0.2, -0.15) is 0 Å². The third-order valence-electron chi connectivity index (χ3n) is 3.47. The van der Waals surface area contributed by atoms with Gasteiger partial charge in [0, 0.05) is 6.04 Å². The second-order valence-electron chi connectivity index (χ2n) is 5.13. The first-order chi connectivity index (χ1) is 9.87. The Morgan fingerprint density at radius 3 is 2.43 bits per heavy atom. The Balaban J connectivity index is 2.12. The number of aliphatic carboxylic acids is 1. The first kappa shape index (κ1) is 15.5. The van der Waals surface area contributed by atoms with Gasteiger partial charge in [-0.3, -0.25) is 9.59 Å². The summed E-state index contributed by atoms with van der Waals surface area (Å²) in [6, 6.07) is 8.44. The molecule has 0 spiro atoms. The number of amides is 1. The Morgan fingerprint density at radius 2 is 1.90 bits per heavy atom. The topological polar surface area (TPSA) is 91.8 Å². The minimum absolute atomic E-state index is 0.00635. The average Bonchev–Trinajstić information content (AvgIpc) is 2.77. The van der Waals surface area contributed by atoms with Gasteiger partial charge in [-0.15, -0.1) is 0 Å². The molecule has 1 amide bonds. The maximum absolute atomic E-state index is 12.3. The van der Waals surface area contributed by atoms with E-state index in [0.717, 1.165) is 5.56 Å². The van der Waals surface area contributed by atoms with E-state index in [9.17, 15) is 18.0 Å². The number of carboxylic acid groups (broad SMARTS) is 1. The predicted molar refractivity (Wildman–Crippen MR) is 76.6 cm³/mol. The van der Waals surface area contributed by atoms with Crippen LogP contribution in [-0.4, -0.2) is 54.4 Å². The van der Waals surface area contributed by atoms with Crippen molar-refractivity contribution in [1.29, 1.82) is 0 Å². The first-order valence-corrected chi connectivity index (χ1v) is 8.45. The summed E-state index contributed by atoms with van der Waals surface area (Å²) in [5, 5.41) is 8.95. The Labute approximate surface area is 123 Å². The summed E-state index contributed by atoms with van der Waals surface area (Å²) >= 11 is 0. The van der Waals surface area contributed by atoms with E-state index >= 15 is 0 Å². The van der Waals surface area contributed by atoms with Gasteiger partial charge in [0.2, 0.25) is 5.91 Å². The van der Waals surface area contributed by atoms with Gasteiger partial charge < -0.3 is 10.0 Å². The molecule has 1 aliphatic heterocycles. The number of nitrogens with zero attached hydrogens (tertiary/aromatic N) is 1. The number of carbonyl (C=O) groups is 2. The molecule has 1 heterocycles. The largest absolute Gasteiger partial charge is 0.480 e. The van der Waals surface area contributed by atoms with Crippen LogP contribution in [0.1, 0.15) is 12.0 Å². The van der Waals surface area contributed by atoms with Crippen molar-refractivity contribution < 1.29 is 23.1 Å². The third-order valence-corrected chi connectivity index (χ3v) is 5.22. The molecule has 1 aromatic carbocycles. The van der Waals surface area contributed by atoms with Crippen LogP contribution in [0.25, 0.3) is 0 Å². The van der Waals surface area contributed by atoms with Crippen molar-refractivity contribution in [2.45, 2.75) is 18.9 Å². The highest BCUT2D eigenvalue weighted by molar-refractivity contribution is 7.91. The molecule has 0 aliphatic carbocycles. The minimum Gasteiger partial charge on any atom is -0.480 e. The SMILES string of the molecule is O=C(O)CN(C(=O)Cc1ccccc1)C1CCS(=O)(=O)C1. The second kappa shape index (κ2) is 6.26. The molecule has 1 aromatic rings. The molecule has 1 saturated heterocycles. The molecule has 1 atom stereocenters. The summed E-state index contributed by atoms with van der Waals surface area (Å²) in [5.74, 6) is -1.64. The summed E-state index contributed by atoms with van der Waals surface area (Å²) in [4.78, 5) is 24.4. The van der Waals surface area contributed by atoms with Gasteiger partial charge in [0.15, 0.2) is 9.84 Å². The second-order valence-corrected chi connectivity index (χ2v) is 7.36. The zero-order valence-electron chi connectivity index (χ0n) is 11.4. The van der Waals surface area contributed by atoms with Crippen molar-refractivity contribution in [3.8, 4) is 0 Å². The average molecular weight is 311 g/mol. The fourth-order valence-corrected chi connectivity index (χ4v) is 4.19. The molecule has 1 aliphatic rings. The lowest BCUT2D eigenvalue weighted by Crippen LogP contribution is -2.44. The van der Waals surface area contributed by atoms with Gasteiger partial charge in [-0.25, -0.2) is 8.42 Å². The van der Waals surface area contributed by atoms with Crippen molar-refractivity contribution in [1.82, 2.24) is 4.90 Å². The van der Waals surface area contributed by atoms with Crippen molar-refractivity contribution in [2.24, 2.45) is 0 Å². The Hall–Kier alpha value is -1.89. The summed E-state index contributed by atoms with van der Waals surface area (Å²) in [6.07, 6.45) is 0.376. The maximum atomic E-state index is 12.3. The zero-order chi connectivity index (χ0) is 15.5. The van der Waals surface area contributed by atoms with E-state index in [4.69, 9.17) is 5.11 Å². The van der Waals surface area contributed by atoms with Crippen molar-refractivity contribution in [3.63, 3.8) is 0 Å². The molecule has 0 aromatic heterocycles. The van der Waals surface area contributed by atoms with Crippen molar-refractivity contribution in [2.75, 3.05) is 18.1 Å². The first-order valence-electron chi connectivity index (χ1n) is 6.63. The predicted octanol–water partition coefficient (Wildman–Crippen LogP) is 0.329. The molecule has 2 rings (SSSR count). The summed E-state index contributed by atoms with van der Waals surface area (Å²) < 4.78 is 23.1. The van der Waals surface area contributed by atoms with E-state index in [-0.39, 0.29) is 23.8 Å². The zero-order valence-corrected chi connectivity index (χ0v) is 12.3. The number of carboxylic acids is 1. The number of benzene rings is 1. The summed E-state index contributed by atoms with van der Waals surface area (Å²) in [6.45, 7) is -0.466. The van der Waals surface area contributed by atoms with Crippen LogP contribution in [0.15, 0.2) is 30.3 Å². The van der Waals surface area contributed by atoms with E-state index in [1.165, 1.54) is 4.90 Å². The lowest BCUT2D eigenvalue weighted by Gasteiger charge is -2.26. The van der Waals surface area contributed by atoms with Gasteiger partial charge in [-0.05, 0) is 12.0 Å². The highest BCUT2D eigenvalue weighted by atomic mass is 32.2. The number of rotatable bonds is 5. The van der Waals surface area contributed by atoms with E-state index < -0.39 is 28.4 Å². The molecule has 0 saturated carbocycles. The van der Waals surface area contributed by atoms with Crippen LogP contribution in [0.3, 0.4) is 0 Å². The summed E-state index contributed by atoms with van der Waals surface area (Å²) in [5.41, 5.74) is 0.777. The van der Waals surface area contributed by atoms with Crippen LogP contribution >= 0.6 is 0 Å². The van der Waals surface area contributed by atoms with Crippen LogP contribution in [0.4, 0.5) is 0 Å². The normalized spacial score (nSPS) is 20.1. The van der Waals surface area contributed by atoms with Crippen LogP contribution in [0.2, 0.25) is 0 Å². The molecular formula is C14H17NO5S. The molecule has 7 heteroatoms. The standard InChI is InChI=1S/C14H17NO5S/c16-13(8-11-4-2-1-3-5-11)15(9-14(17)18)12-6-7-21(19,20)10-12/h1-5,12H,6-10H2,(H,17,18). The Bertz CT molecular complexity index is 626. The molecule has 1 unspecified atom stereocenters. The van der Waals surface area contributed by atoms with Crippen LogP contribution < -0.4 is 0 Å². The maximum Gasteiger partial charge on any atom is 0.323 e. The van der Waals surface area contributed by atoms with Gasteiger partial charge in [-0.1, -0.05) is 30.3 Å². The van der Waals surface area contributed by atoms with Crippen LogP contribution in [0.5, 0.6) is 0 Å².